The van der Waals surface area contributed by atoms with Crippen molar-refractivity contribution in [3.8, 4) is 0 Å². The topological polar surface area (TPSA) is 68.5 Å². The number of hydrogen-bond acceptors (Lipinski definition) is 5. The second-order valence-corrected chi connectivity index (χ2v) is 5.02. The maximum Gasteiger partial charge on any atom is 0.333 e. The van der Waals surface area contributed by atoms with Crippen molar-refractivity contribution in [1.29, 1.82) is 0 Å². The first kappa shape index (κ1) is 13.9. The van der Waals surface area contributed by atoms with Crippen molar-refractivity contribution in [2.24, 2.45) is 0 Å². The number of pyridine rings is 1. The van der Waals surface area contributed by atoms with Crippen molar-refractivity contribution < 1.29 is 14.6 Å². The van der Waals surface area contributed by atoms with Crippen LogP contribution >= 0.6 is 11.8 Å². The van der Waals surface area contributed by atoms with E-state index in [1.165, 1.54) is 22.4 Å². The minimum atomic E-state index is -0.741. The van der Waals surface area contributed by atoms with Crippen molar-refractivity contribution in [3.63, 3.8) is 0 Å². The SMILES string of the molecule is CCOC(=O)C1C(C)=CSc2c(CO)ccc(=O)n21. The predicted octanol–water partition coefficient (Wildman–Crippen LogP) is 1.45. The molecule has 5 nitrogen and oxygen atoms in total. The van der Waals surface area contributed by atoms with Crippen LogP contribution in [0.1, 0.15) is 25.5 Å². The highest BCUT2D eigenvalue weighted by Gasteiger charge is 2.30. The van der Waals surface area contributed by atoms with Crippen molar-refractivity contribution in [1.82, 2.24) is 4.57 Å². The van der Waals surface area contributed by atoms with E-state index in [0.29, 0.717) is 10.6 Å². The molecule has 19 heavy (non-hydrogen) atoms. The molecule has 1 aliphatic heterocycles. The van der Waals surface area contributed by atoms with Gasteiger partial charge in [0.25, 0.3) is 5.56 Å². The number of rotatable bonds is 3. The fourth-order valence-corrected chi connectivity index (χ4v) is 3.02. The van der Waals surface area contributed by atoms with Crippen LogP contribution in [0.5, 0.6) is 0 Å². The summed E-state index contributed by atoms with van der Waals surface area (Å²) in [5.41, 5.74) is 1.11. The van der Waals surface area contributed by atoms with Gasteiger partial charge in [-0.05, 0) is 30.9 Å². The molecule has 1 aliphatic rings. The van der Waals surface area contributed by atoms with Gasteiger partial charge in [0.15, 0.2) is 6.04 Å². The van der Waals surface area contributed by atoms with E-state index in [1.54, 1.807) is 19.9 Å². The number of nitrogens with zero attached hydrogens (tertiary/aromatic N) is 1. The zero-order valence-corrected chi connectivity index (χ0v) is 11.6. The monoisotopic (exact) mass is 281 g/mol. The molecule has 6 heteroatoms. The minimum Gasteiger partial charge on any atom is -0.464 e. The summed E-state index contributed by atoms with van der Waals surface area (Å²) in [6.45, 7) is 3.60. The van der Waals surface area contributed by atoms with Crippen molar-refractivity contribution in [3.05, 3.63) is 39.0 Å². The first-order valence-corrected chi connectivity index (χ1v) is 6.83. The summed E-state index contributed by atoms with van der Waals surface area (Å²) in [6, 6.07) is 2.20. The fraction of sp³-hybridized carbons (Fsp3) is 0.385. The number of hydrogen-bond donors (Lipinski definition) is 1. The second kappa shape index (κ2) is 5.63. The summed E-state index contributed by atoms with van der Waals surface area (Å²) in [7, 11) is 0. The summed E-state index contributed by atoms with van der Waals surface area (Å²) in [5, 5.41) is 11.7. The third-order valence-corrected chi connectivity index (χ3v) is 4.06. The first-order chi connectivity index (χ1) is 9.10. The van der Waals surface area contributed by atoms with E-state index < -0.39 is 12.0 Å². The lowest BCUT2D eigenvalue weighted by Gasteiger charge is -2.26. The van der Waals surface area contributed by atoms with Crippen LogP contribution in [0.15, 0.2) is 32.9 Å². The molecule has 0 bridgehead atoms. The summed E-state index contributed by atoms with van der Waals surface area (Å²) in [6.07, 6.45) is 0. The highest BCUT2D eigenvalue weighted by Crippen LogP contribution is 2.35. The normalized spacial score (nSPS) is 17.6. The molecule has 1 N–H and O–H groups in total. The Morgan fingerprint density at radius 3 is 2.89 bits per heavy atom. The van der Waals surface area contributed by atoms with Gasteiger partial charge >= 0.3 is 5.97 Å². The van der Waals surface area contributed by atoms with Gasteiger partial charge in [-0.15, -0.1) is 0 Å². The number of carbonyl (C=O) groups excluding carboxylic acids is 1. The molecule has 1 unspecified atom stereocenters. The lowest BCUT2D eigenvalue weighted by atomic mass is 10.1. The van der Waals surface area contributed by atoms with Crippen molar-refractivity contribution >= 4 is 17.7 Å². The van der Waals surface area contributed by atoms with Gasteiger partial charge in [-0.2, -0.15) is 0 Å². The quantitative estimate of drug-likeness (QED) is 0.849. The summed E-state index contributed by atoms with van der Waals surface area (Å²) in [4.78, 5) is 24.1. The molecule has 1 aromatic heterocycles. The number of aliphatic hydroxyl groups excluding tert-OH is 1. The number of aliphatic hydroxyl groups is 1. The highest BCUT2D eigenvalue weighted by molar-refractivity contribution is 8.02. The van der Waals surface area contributed by atoms with Gasteiger partial charge in [0.1, 0.15) is 0 Å². The fourth-order valence-electron chi connectivity index (χ4n) is 2.00. The van der Waals surface area contributed by atoms with Crippen LogP contribution < -0.4 is 5.56 Å². The lowest BCUT2D eigenvalue weighted by molar-refractivity contribution is -0.146. The molecule has 0 amide bonds. The van der Waals surface area contributed by atoms with Gasteiger partial charge in [-0.3, -0.25) is 9.36 Å². The Labute approximate surface area is 114 Å². The molecular weight excluding hydrogens is 266 g/mol. The standard InChI is InChI=1S/C13H15NO4S/c1-3-18-13(17)11-8(2)7-19-12-9(6-15)4-5-10(16)14(11)12/h4-5,7,11,15H,3,6H2,1-2H3. The van der Waals surface area contributed by atoms with Crippen molar-refractivity contribution in [2.75, 3.05) is 6.61 Å². The Hall–Kier alpha value is -1.53. The Kier molecular flexibility index (Phi) is 4.11. The van der Waals surface area contributed by atoms with E-state index in [2.05, 4.69) is 0 Å². The molecule has 1 atom stereocenters. The van der Waals surface area contributed by atoms with Gasteiger partial charge in [-0.25, -0.2) is 4.79 Å². The molecule has 0 aliphatic carbocycles. The molecule has 0 spiro atoms. The molecule has 0 fully saturated rings. The molecule has 102 valence electrons. The zero-order chi connectivity index (χ0) is 14.0. The average molecular weight is 281 g/mol. The Morgan fingerprint density at radius 2 is 2.26 bits per heavy atom. The van der Waals surface area contributed by atoms with Gasteiger partial charge in [-0.1, -0.05) is 11.8 Å². The number of aromatic nitrogens is 1. The summed E-state index contributed by atoms with van der Waals surface area (Å²) < 4.78 is 6.42. The second-order valence-electron chi connectivity index (χ2n) is 4.16. The van der Waals surface area contributed by atoms with E-state index >= 15 is 0 Å². The van der Waals surface area contributed by atoms with E-state index in [0.717, 1.165) is 5.57 Å². The molecule has 0 saturated heterocycles. The smallest absolute Gasteiger partial charge is 0.333 e. The molecule has 0 radical (unpaired) electrons. The molecule has 2 heterocycles. The van der Waals surface area contributed by atoms with Gasteiger partial charge in [0.2, 0.25) is 0 Å². The molecule has 0 saturated carbocycles. The third kappa shape index (κ3) is 2.46. The Morgan fingerprint density at radius 1 is 1.53 bits per heavy atom. The minimum absolute atomic E-state index is 0.176. The van der Waals surface area contributed by atoms with Gasteiger partial charge in [0, 0.05) is 11.6 Å². The Bertz CT molecular complexity index is 591. The molecular formula is C13H15NO4S. The van der Waals surface area contributed by atoms with E-state index in [1.807, 2.05) is 5.41 Å². The van der Waals surface area contributed by atoms with Gasteiger partial charge < -0.3 is 9.84 Å². The third-order valence-electron chi connectivity index (χ3n) is 2.88. The van der Waals surface area contributed by atoms with Crippen LogP contribution in [0, 0.1) is 0 Å². The number of fused-ring (bicyclic) bond motifs is 1. The number of thioether (sulfide) groups is 1. The van der Waals surface area contributed by atoms with E-state index in [4.69, 9.17) is 4.74 Å². The zero-order valence-electron chi connectivity index (χ0n) is 10.8. The largest absolute Gasteiger partial charge is 0.464 e. The molecule has 2 rings (SSSR count). The average Bonchev–Trinajstić information content (AvgIpc) is 2.39. The maximum absolute atomic E-state index is 12.0. The van der Waals surface area contributed by atoms with Crippen LogP contribution in [0.3, 0.4) is 0 Å². The van der Waals surface area contributed by atoms with E-state index in [9.17, 15) is 14.7 Å². The van der Waals surface area contributed by atoms with Crippen molar-refractivity contribution in [2.45, 2.75) is 31.5 Å². The van der Waals surface area contributed by atoms with Gasteiger partial charge in [0.05, 0.1) is 18.2 Å². The van der Waals surface area contributed by atoms with Crippen LogP contribution in [-0.4, -0.2) is 22.2 Å². The molecule has 0 aromatic carbocycles. The predicted molar refractivity (Wildman–Crippen MR) is 71.9 cm³/mol. The van der Waals surface area contributed by atoms with E-state index in [-0.39, 0.29) is 18.8 Å². The number of carbonyl (C=O) groups is 1. The van der Waals surface area contributed by atoms with Crippen LogP contribution in [0.4, 0.5) is 0 Å². The maximum atomic E-state index is 12.0. The van der Waals surface area contributed by atoms with Crippen LogP contribution in [0.25, 0.3) is 0 Å². The Balaban J connectivity index is 2.58. The van der Waals surface area contributed by atoms with Crippen LogP contribution in [0.2, 0.25) is 0 Å². The number of ether oxygens (including phenoxy) is 1. The molecule has 1 aromatic rings. The number of esters is 1. The summed E-state index contributed by atoms with van der Waals surface area (Å²) in [5.74, 6) is -0.449. The first-order valence-electron chi connectivity index (χ1n) is 5.95. The van der Waals surface area contributed by atoms with Crippen LogP contribution in [-0.2, 0) is 16.1 Å². The lowest BCUT2D eigenvalue weighted by Crippen LogP contribution is -2.34. The highest BCUT2D eigenvalue weighted by atomic mass is 32.2. The summed E-state index contributed by atoms with van der Waals surface area (Å²) >= 11 is 1.33.